The van der Waals surface area contributed by atoms with Gasteiger partial charge in [-0.1, -0.05) is 0 Å². The second-order valence-electron chi connectivity index (χ2n) is 4.06. The lowest BCUT2D eigenvalue weighted by Gasteiger charge is -2.11. The third-order valence-corrected chi connectivity index (χ3v) is 3.03. The maximum Gasteiger partial charge on any atom is 0.246 e. The second-order valence-corrected chi connectivity index (χ2v) is 4.06. The quantitative estimate of drug-likeness (QED) is 0.732. The van der Waals surface area contributed by atoms with Gasteiger partial charge in [-0.2, -0.15) is 0 Å². The summed E-state index contributed by atoms with van der Waals surface area (Å²) in [6.07, 6.45) is 3.86. The van der Waals surface area contributed by atoms with Crippen LogP contribution in [-0.4, -0.2) is 39.4 Å². The number of carbonyl (C=O) groups is 2. The van der Waals surface area contributed by atoms with Crippen LogP contribution < -0.4 is 5.32 Å². The van der Waals surface area contributed by atoms with Crippen LogP contribution in [-0.2, 0) is 22.7 Å². The van der Waals surface area contributed by atoms with E-state index in [0.717, 1.165) is 12.4 Å². The Hall–Kier alpha value is -1.69. The molecular formula is C11H16N4O2. The molecule has 1 aromatic heterocycles. The fraction of sp³-hybridized carbons (Fsp3) is 0.545. The fourth-order valence-corrected chi connectivity index (χ4v) is 1.92. The lowest BCUT2D eigenvalue weighted by molar-refractivity contribution is -0.137. The molecule has 1 aliphatic heterocycles. The van der Waals surface area contributed by atoms with E-state index < -0.39 is 6.04 Å². The Morgan fingerprint density at radius 2 is 2.29 bits per heavy atom. The molecule has 0 aliphatic carbocycles. The summed E-state index contributed by atoms with van der Waals surface area (Å²) in [5.41, 5.74) is 0. The zero-order chi connectivity index (χ0) is 12.4. The molecule has 1 fully saturated rings. The van der Waals surface area contributed by atoms with Crippen LogP contribution in [0.3, 0.4) is 0 Å². The first-order valence-electron chi connectivity index (χ1n) is 5.67. The van der Waals surface area contributed by atoms with Crippen LogP contribution in [0.1, 0.15) is 19.2 Å². The number of amides is 2. The molecule has 17 heavy (non-hydrogen) atoms. The number of hydrogen-bond donors (Lipinski definition) is 1. The molecule has 0 saturated carbocycles. The Bertz CT molecular complexity index is 440. The van der Waals surface area contributed by atoms with Crippen LogP contribution in [0, 0.1) is 0 Å². The van der Waals surface area contributed by atoms with Crippen molar-refractivity contribution in [2.75, 3.05) is 7.05 Å². The molecule has 1 N–H and O–H groups in total. The Kier molecular flexibility index (Phi) is 3.23. The highest BCUT2D eigenvalue weighted by atomic mass is 16.2. The lowest BCUT2D eigenvalue weighted by Crippen LogP contribution is -2.37. The number of aromatic nitrogens is 2. The van der Waals surface area contributed by atoms with Crippen molar-refractivity contribution in [3.8, 4) is 0 Å². The van der Waals surface area contributed by atoms with Crippen LogP contribution in [0.4, 0.5) is 0 Å². The monoisotopic (exact) mass is 236 g/mol. The maximum atomic E-state index is 11.6. The highest BCUT2D eigenvalue weighted by molar-refractivity contribution is 6.05. The topological polar surface area (TPSA) is 67.2 Å². The highest BCUT2D eigenvalue weighted by Crippen LogP contribution is 2.11. The first-order valence-corrected chi connectivity index (χ1v) is 5.67. The number of imide groups is 1. The molecule has 6 heteroatoms. The Morgan fingerprint density at radius 1 is 1.53 bits per heavy atom. The van der Waals surface area contributed by atoms with Gasteiger partial charge in [0.25, 0.3) is 0 Å². The highest BCUT2D eigenvalue weighted by Gasteiger charge is 2.35. The Morgan fingerprint density at radius 3 is 2.88 bits per heavy atom. The number of likely N-dealkylation sites (tertiary alicyclic amines) is 1. The zero-order valence-corrected chi connectivity index (χ0v) is 10.0. The maximum absolute atomic E-state index is 11.6. The molecule has 0 aromatic carbocycles. The third kappa shape index (κ3) is 2.21. The van der Waals surface area contributed by atoms with Gasteiger partial charge in [0.05, 0.1) is 19.0 Å². The van der Waals surface area contributed by atoms with E-state index in [2.05, 4.69) is 10.3 Å². The standard InChI is InChI=1S/C11H16N4O2/c1-3-15-5-4-12-9(15)7-13-8-6-10(16)14(2)11(8)17/h4-5,8,13H,3,6-7H2,1-2H3. The average molecular weight is 236 g/mol. The number of nitrogens with zero attached hydrogens (tertiary/aromatic N) is 3. The first kappa shape index (κ1) is 11.8. The number of aryl methyl sites for hydroxylation is 1. The molecule has 1 aromatic rings. The van der Waals surface area contributed by atoms with Gasteiger partial charge in [-0.15, -0.1) is 0 Å². The number of rotatable bonds is 4. The van der Waals surface area contributed by atoms with Gasteiger partial charge in [0, 0.05) is 26.0 Å². The van der Waals surface area contributed by atoms with Crippen molar-refractivity contribution in [1.29, 1.82) is 0 Å². The predicted octanol–water partition coefficient (Wildman–Crippen LogP) is -0.250. The fourth-order valence-electron chi connectivity index (χ4n) is 1.92. The molecule has 1 atom stereocenters. The summed E-state index contributed by atoms with van der Waals surface area (Å²) in [6.45, 7) is 3.37. The molecule has 2 rings (SSSR count). The van der Waals surface area contributed by atoms with Crippen molar-refractivity contribution < 1.29 is 9.59 Å². The summed E-state index contributed by atoms with van der Waals surface area (Å²) >= 11 is 0. The van der Waals surface area contributed by atoms with E-state index >= 15 is 0 Å². The van der Waals surface area contributed by atoms with Crippen LogP contribution in [0.2, 0.25) is 0 Å². The molecule has 0 bridgehead atoms. The molecule has 0 radical (unpaired) electrons. The van der Waals surface area contributed by atoms with Gasteiger partial charge in [-0.25, -0.2) is 4.98 Å². The normalized spacial score (nSPS) is 20.4. The summed E-state index contributed by atoms with van der Waals surface area (Å²) in [5, 5.41) is 3.07. The molecule has 0 spiro atoms. The summed E-state index contributed by atoms with van der Waals surface area (Å²) in [6, 6.07) is -0.408. The van der Waals surface area contributed by atoms with E-state index in [1.54, 1.807) is 6.20 Å². The van der Waals surface area contributed by atoms with E-state index in [1.807, 2.05) is 17.7 Å². The number of imidazole rings is 1. The van der Waals surface area contributed by atoms with Crippen molar-refractivity contribution in [2.45, 2.75) is 32.5 Å². The molecule has 1 saturated heterocycles. The summed E-state index contributed by atoms with van der Waals surface area (Å²) in [5.74, 6) is 0.582. The van der Waals surface area contributed by atoms with Gasteiger partial charge in [-0.05, 0) is 6.92 Å². The van der Waals surface area contributed by atoms with Crippen LogP contribution in [0.15, 0.2) is 12.4 Å². The van der Waals surface area contributed by atoms with Crippen LogP contribution in [0.25, 0.3) is 0 Å². The van der Waals surface area contributed by atoms with Gasteiger partial charge >= 0.3 is 0 Å². The number of carbonyl (C=O) groups excluding carboxylic acids is 2. The van der Waals surface area contributed by atoms with E-state index in [0.29, 0.717) is 6.54 Å². The van der Waals surface area contributed by atoms with Gasteiger partial charge in [0.2, 0.25) is 11.8 Å². The molecule has 1 aliphatic rings. The van der Waals surface area contributed by atoms with Crippen molar-refractivity contribution in [3.63, 3.8) is 0 Å². The third-order valence-electron chi connectivity index (χ3n) is 3.03. The van der Waals surface area contributed by atoms with E-state index in [-0.39, 0.29) is 18.2 Å². The number of nitrogens with one attached hydrogen (secondary N) is 1. The number of likely N-dealkylation sites (N-methyl/N-ethyl adjacent to an activating group) is 1. The number of hydrogen-bond acceptors (Lipinski definition) is 4. The summed E-state index contributed by atoms with van der Waals surface area (Å²) < 4.78 is 2.00. The minimum absolute atomic E-state index is 0.133. The first-order chi connectivity index (χ1) is 8.13. The van der Waals surface area contributed by atoms with Gasteiger partial charge < -0.3 is 4.57 Å². The molecule has 92 valence electrons. The second kappa shape index (κ2) is 4.67. The SMILES string of the molecule is CCn1ccnc1CNC1CC(=O)N(C)C1=O. The van der Waals surface area contributed by atoms with Crippen LogP contribution >= 0.6 is 0 Å². The molecule has 1 unspecified atom stereocenters. The van der Waals surface area contributed by atoms with Gasteiger partial charge in [-0.3, -0.25) is 19.8 Å². The minimum Gasteiger partial charge on any atom is -0.334 e. The largest absolute Gasteiger partial charge is 0.334 e. The van der Waals surface area contributed by atoms with Crippen LogP contribution in [0.5, 0.6) is 0 Å². The smallest absolute Gasteiger partial charge is 0.246 e. The van der Waals surface area contributed by atoms with Crippen molar-refractivity contribution in [3.05, 3.63) is 18.2 Å². The molecular weight excluding hydrogens is 220 g/mol. The van der Waals surface area contributed by atoms with Crippen molar-refractivity contribution in [1.82, 2.24) is 19.8 Å². The van der Waals surface area contributed by atoms with Crippen molar-refractivity contribution >= 4 is 11.8 Å². The zero-order valence-electron chi connectivity index (χ0n) is 10.0. The van der Waals surface area contributed by atoms with E-state index in [1.165, 1.54) is 11.9 Å². The van der Waals surface area contributed by atoms with Crippen molar-refractivity contribution in [2.24, 2.45) is 0 Å². The minimum atomic E-state index is -0.408. The van der Waals surface area contributed by atoms with E-state index in [9.17, 15) is 9.59 Å². The Balaban J connectivity index is 1.95. The van der Waals surface area contributed by atoms with Gasteiger partial charge in [0.1, 0.15) is 5.82 Å². The molecule has 6 nitrogen and oxygen atoms in total. The summed E-state index contributed by atoms with van der Waals surface area (Å²) in [4.78, 5) is 28.3. The van der Waals surface area contributed by atoms with Gasteiger partial charge in [0.15, 0.2) is 0 Å². The lowest BCUT2D eigenvalue weighted by atomic mass is 10.2. The predicted molar refractivity (Wildman–Crippen MR) is 60.9 cm³/mol. The van der Waals surface area contributed by atoms with E-state index in [4.69, 9.17) is 0 Å². The average Bonchev–Trinajstić information content (AvgIpc) is 2.87. The summed E-state index contributed by atoms with van der Waals surface area (Å²) in [7, 11) is 1.51. The Labute approximate surface area is 99.6 Å². The molecule has 2 heterocycles. The molecule has 2 amide bonds.